The van der Waals surface area contributed by atoms with Crippen LogP contribution in [0.2, 0.25) is 0 Å². The maximum absolute atomic E-state index is 13.0. The van der Waals surface area contributed by atoms with Crippen molar-refractivity contribution >= 4 is 51.4 Å². The summed E-state index contributed by atoms with van der Waals surface area (Å²) >= 11 is 1.06. The molecule has 7 heteroatoms. The fraction of sp³-hybridized carbons (Fsp3) is 0.143. The Balaban J connectivity index is 0.00000169. The molecule has 0 heterocycles. The van der Waals surface area contributed by atoms with Gasteiger partial charge in [-0.05, 0) is 18.4 Å². The van der Waals surface area contributed by atoms with Gasteiger partial charge in [0.25, 0.3) is 10.1 Å². The second kappa shape index (κ2) is 5.48. The summed E-state index contributed by atoms with van der Waals surface area (Å²) in [4.78, 5) is -0.454. The van der Waals surface area contributed by atoms with Crippen LogP contribution in [0.1, 0.15) is 0 Å². The van der Waals surface area contributed by atoms with E-state index in [1.54, 1.807) is 6.26 Å². The minimum atomic E-state index is -4.47. The number of benzene rings is 1. The first-order valence-electron chi connectivity index (χ1n) is 3.27. The van der Waals surface area contributed by atoms with Gasteiger partial charge in [-0.25, -0.2) is 4.39 Å². The first kappa shape index (κ1) is 14.4. The zero-order valence-corrected chi connectivity index (χ0v) is 8.32. The van der Waals surface area contributed by atoms with E-state index in [1.807, 2.05) is 0 Å². The van der Waals surface area contributed by atoms with Crippen molar-refractivity contribution < 1.29 is 17.4 Å². The van der Waals surface area contributed by atoms with Crippen molar-refractivity contribution in [3.63, 3.8) is 0 Å². The van der Waals surface area contributed by atoms with Crippen LogP contribution in [0, 0.1) is 5.82 Å². The molecule has 1 rings (SSSR count). The van der Waals surface area contributed by atoms with Crippen molar-refractivity contribution in [1.29, 1.82) is 0 Å². The molecule has 0 atom stereocenters. The third kappa shape index (κ3) is 3.22. The van der Waals surface area contributed by atoms with Gasteiger partial charge in [-0.1, -0.05) is 6.07 Å². The Hall–Kier alpha value is 0.410. The van der Waals surface area contributed by atoms with Crippen LogP contribution >= 0.6 is 11.8 Å². The van der Waals surface area contributed by atoms with Gasteiger partial charge in [0.15, 0.2) is 0 Å². The second-order valence-electron chi connectivity index (χ2n) is 2.25. The predicted molar refractivity (Wildman–Crippen MR) is 55.1 cm³/mol. The van der Waals surface area contributed by atoms with Crippen LogP contribution in [0.5, 0.6) is 0 Å². The second-order valence-corrected chi connectivity index (χ2v) is 4.45. The zero-order valence-electron chi connectivity index (χ0n) is 6.69. The van der Waals surface area contributed by atoms with Crippen LogP contribution in [-0.2, 0) is 10.1 Å². The number of hydrogen-bond acceptors (Lipinski definition) is 3. The molecule has 1 aromatic carbocycles. The van der Waals surface area contributed by atoms with Gasteiger partial charge in [0.1, 0.15) is 10.7 Å². The summed E-state index contributed by atoms with van der Waals surface area (Å²) in [6.45, 7) is 0. The molecule has 0 aliphatic heterocycles. The summed E-state index contributed by atoms with van der Waals surface area (Å²) < 4.78 is 43.2. The molecule has 0 aromatic heterocycles. The SMILES string of the molecule is CSc1cccc(F)c1S(=O)(=O)O.[NaH]. The topological polar surface area (TPSA) is 54.4 Å². The van der Waals surface area contributed by atoms with Gasteiger partial charge >= 0.3 is 29.6 Å². The summed E-state index contributed by atoms with van der Waals surface area (Å²) in [5, 5.41) is 0. The third-order valence-electron chi connectivity index (χ3n) is 1.41. The van der Waals surface area contributed by atoms with E-state index in [9.17, 15) is 12.8 Å². The Morgan fingerprint density at radius 2 is 2.00 bits per heavy atom. The third-order valence-corrected chi connectivity index (χ3v) is 3.25. The number of rotatable bonds is 2. The zero-order chi connectivity index (χ0) is 10.1. The van der Waals surface area contributed by atoms with E-state index in [-0.39, 0.29) is 34.5 Å². The summed E-state index contributed by atoms with van der Waals surface area (Å²) in [6, 6.07) is 3.80. The first-order chi connectivity index (χ1) is 5.96. The summed E-state index contributed by atoms with van der Waals surface area (Å²) in [5.41, 5.74) is 0. The normalized spacial score (nSPS) is 10.8. The molecular weight excluding hydrogens is 238 g/mol. The minimum absolute atomic E-state index is 0. The van der Waals surface area contributed by atoms with Crippen LogP contribution in [0.15, 0.2) is 28.0 Å². The molecule has 0 aliphatic carbocycles. The van der Waals surface area contributed by atoms with Crippen molar-refractivity contribution in [2.24, 2.45) is 0 Å². The predicted octanol–water partition coefficient (Wildman–Crippen LogP) is 1.15. The van der Waals surface area contributed by atoms with E-state index in [1.165, 1.54) is 12.1 Å². The average molecular weight is 246 g/mol. The standard InChI is InChI=1S/C7H7FO3S2.Na.H/c1-12-6-4-2-3-5(8)7(6)13(9,10)11;;/h2-4H,1H3,(H,9,10,11);;. The summed E-state index contributed by atoms with van der Waals surface area (Å²) in [5.74, 6) is -0.936. The molecule has 0 unspecified atom stereocenters. The van der Waals surface area contributed by atoms with Crippen LogP contribution in [0.3, 0.4) is 0 Å². The molecule has 0 saturated carbocycles. The molecule has 0 bridgehead atoms. The molecule has 74 valence electrons. The average Bonchev–Trinajstić information content (AvgIpc) is 2.01. The number of hydrogen-bond donors (Lipinski definition) is 1. The Bertz CT molecular complexity index is 419. The summed E-state index contributed by atoms with van der Waals surface area (Å²) in [7, 11) is -4.47. The molecule has 0 spiro atoms. The fourth-order valence-electron chi connectivity index (χ4n) is 0.900. The van der Waals surface area contributed by atoms with Crippen LogP contribution in [0.4, 0.5) is 4.39 Å². The van der Waals surface area contributed by atoms with E-state index in [0.717, 1.165) is 17.8 Å². The van der Waals surface area contributed by atoms with Gasteiger partial charge in [0.2, 0.25) is 0 Å². The molecular formula is C7H8FNaO3S2. The Labute approximate surface area is 108 Å². The van der Waals surface area contributed by atoms with E-state index in [2.05, 4.69) is 0 Å². The van der Waals surface area contributed by atoms with Crippen LogP contribution in [0.25, 0.3) is 0 Å². The number of halogens is 1. The Kier molecular flexibility index (Phi) is 5.64. The van der Waals surface area contributed by atoms with E-state index in [0.29, 0.717) is 0 Å². The fourth-order valence-corrected chi connectivity index (χ4v) is 2.60. The molecule has 0 amide bonds. The van der Waals surface area contributed by atoms with Crippen molar-refractivity contribution in [1.82, 2.24) is 0 Å². The van der Waals surface area contributed by atoms with Crippen LogP contribution < -0.4 is 0 Å². The van der Waals surface area contributed by atoms with Gasteiger partial charge in [0.05, 0.1) is 0 Å². The van der Waals surface area contributed by atoms with Gasteiger partial charge in [0, 0.05) is 4.90 Å². The molecule has 0 radical (unpaired) electrons. The van der Waals surface area contributed by atoms with E-state index < -0.39 is 20.8 Å². The van der Waals surface area contributed by atoms with Crippen molar-refractivity contribution in [2.45, 2.75) is 9.79 Å². The molecule has 14 heavy (non-hydrogen) atoms. The van der Waals surface area contributed by atoms with Gasteiger partial charge in [-0.15, -0.1) is 11.8 Å². The van der Waals surface area contributed by atoms with Gasteiger partial charge < -0.3 is 0 Å². The van der Waals surface area contributed by atoms with Crippen molar-refractivity contribution in [2.75, 3.05) is 6.26 Å². The van der Waals surface area contributed by atoms with Gasteiger partial charge in [-0.2, -0.15) is 8.42 Å². The molecule has 1 N–H and O–H groups in total. The molecule has 1 aromatic rings. The summed E-state index contributed by atoms with van der Waals surface area (Å²) in [6.07, 6.45) is 1.60. The first-order valence-corrected chi connectivity index (χ1v) is 5.93. The van der Waals surface area contributed by atoms with Crippen molar-refractivity contribution in [3.05, 3.63) is 24.0 Å². The Morgan fingerprint density at radius 3 is 2.36 bits per heavy atom. The quantitative estimate of drug-likeness (QED) is 0.483. The monoisotopic (exact) mass is 246 g/mol. The molecule has 3 nitrogen and oxygen atoms in total. The van der Waals surface area contributed by atoms with Crippen LogP contribution in [-0.4, -0.2) is 48.8 Å². The molecule has 0 aliphatic rings. The van der Waals surface area contributed by atoms with Crippen molar-refractivity contribution in [3.8, 4) is 0 Å². The maximum atomic E-state index is 13.0. The van der Waals surface area contributed by atoms with Gasteiger partial charge in [-0.3, -0.25) is 4.55 Å². The molecule has 0 fully saturated rings. The van der Waals surface area contributed by atoms with E-state index >= 15 is 0 Å². The Morgan fingerprint density at radius 1 is 1.43 bits per heavy atom. The van der Waals surface area contributed by atoms with E-state index in [4.69, 9.17) is 4.55 Å². The number of thioether (sulfide) groups is 1. The molecule has 0 saturated heterocycles.